The van der Waals surface area contributed by atoms with Gasteiger partial charge < -0.3 is 20.1 Å². The third kappa shape index (κ3) is 7.07. The molecular weight excluding hydrogens is 525 g/mol. The monoisotopic (exact) mass is 556 g/mol. The van der Waals surface area contributed by atoms with E-state index in [0.717, 1.165) is 12.8 Å². The number of sulfonamides is 1. The first-order chi connectivity index (χ1) is 17.9. The van der Waals surface area contributed by atoms with Gasteiger partial charge in [0.05, 0.1) is 36.6 Å². The number of aliphatic hydroxyl groups is 1. The normalized spacial score (nSPS) is 17.7. The second kappa shape index (κ2) is 11.0. The number of anilines is 3. The molecule has 1 aliphatic carbocycles. The van der Waals surface area contributed by atoms with Crippen molar-refractivity contribution < 1.29 is 36.2 Å². The Morgan fingerprint density at radius 3 is 2.53 bits per heavy atom. The van der Waals surface area contributed by atoms with Crippen molar-refractivity contribution >= 4 is 33.1 Å². The van der Waals surface area contributed by atoms with Gasteiger partial charge in [-0.2, -0.15) is 18.2 Å². The highest BCUT2D eigenvalue weighted by Gasteiger charge is 2.44. The van der Waals surface area contributed by atoms with Gasteiger partial charge in [-0.15, -0.1) is 0 Å². The number of carbonyl (C=O) groups excluding carboxylic acids is 1. The van der Waals surface area contributed by atoms with Crippen LogP contribution in [0.3, 0.4) is 0 Å². The Balaban J connectivity index is 1.54. The highest BCUT2D eigenvalue weighted by molar-refractivity contribution is 7.93. The van der Waals surface area contributed by atoms with E-state index in [1.54, 1.807) is 6.07 Å². The van der Waals surface area contributed by atoms with Gasteiger partial charge in [-0.3, -0.25) is 9.52 Å². The minimum Gasteiger partial charge on any atom is -0.477 e. The fourth-order valence-electron chi connectivity index (χ4n) is 4.33. The molecule has 9 nitrogen and oxygen atoms in total. The first-order valence-corrected chi connectivity index (χ1v) is 13.9. The van der Waals surface area contributed by atoms with Gasteiger partial charge in [-0.1, -0.05) is 6.07 Å². The van der Waals surface area contributed by atoms with E-state index in [0.29, 0.717) is 29.8 Å². The molecule has 0 radical (unpaired) electrons. The Morgan fingerprint density at radius 1 is 1.18 bits per heavy atom. The van der Waals surface area contributed by atoms with E-state index in [-0.39, 0.29) is 17.4 Å². The van der Waals surface area contributed by atoms with Crippen molar-refractivity contribution in [1.29, 1.82) is 0 Å². The number of benzene rings is 1. The molecule has 2 aromatic rings. The van der Waals surface area contributed by atoms with Crippen LogP contribution in [0.15, 0.2) is 36.4 Å². The van der Waals surface area contributed by atoms with Crippen LogP contribution in [-0.4, -0.2) is 62.1 Å². The number of alkyl halides is 3. The molecule has 2 heterocycles. The Morgan fingerprint density at radius 2 is 1.89 bits per heavy atom. The second-order valence-electron chi connectivity index (χ2n) is 9.89. The fourth-order valence-corrected chi connectivity index (χ4v) is 5.18. The number of aliphatic hydroxyl groups excluding tert-OH is 1. The van der Waals surface area contributed by atoms with Gasteiger partial charge in [0.1, 0.15) is 11.1 Å². The quantitative estimate of drug-likeness (QED) is 0.402. The average molecular weight is 557 g/mol. The number of ether oxygens (including phenoxy) is 1. The van der Waals surface area contributed by atoms with Crippen molar-refractivity contribution in [3.05, 3.63) is 42.0 Å². The van der Waals surface area contributed by atoms with Crippen molar-refractivity contribution in [2.45, 2.75) is 50.5 Å². The van der Waals surface area contributed by atoms with Crippen molar-refractivity contribution in [3.63, 3.8) is 0 Å². The molecule has 1 saturated carbocycles. The lowest BCUT2D eigenvalue weighted by molar-refractivity contribution is -0.139. The number of piperidine rings is 1. The molecule has 1 aromatic carbocycles. The molecule has 1 aliphatic heterocycles. The number of nitrogens with one attached hydrogen (secondary N) is 2. The lowest BCUT2D eigenvalue weighted by Crippen LogP contribution is -2.36. The Bertz CT molecular complexity index is 1260. The van der Waals surface area contributed by atoms with E-state index >= 15 is 0 Å². The van der Waals surface area contributed by atoms with Crippen LogP contribution < -0.4 is 19.7 Å². The van der Waals surface area contributed by atoms with E-state index in [1.807, 2.05) is 0 Å². The van der Waals surface area contributed by atoms with Crippen LogP contribution in [0.5, 0.6) is 5.88 Å². The maximum atomic E-state index is 13.3. The molecule has 0 bridgehead atoms. The Hall–Kier alpha value is -3.06. The zero-order valence-electron chi connectivity index (χ0n) is 20.9. The van der Waals surface area contributed by atoms with Crippen LogP contribution in [0.2, 0.25) is 0 Å². The molecule has 1 aromatic heterocycles. The summed E-state index contributed by atoms with van der Waals surface area (Å²) < 4.78 is 69.7. The summed E-state index contributed by atoms with van der Waals surface area (Å²) in [6.07, 6.45) is -1.14. The maximum absolute atomic E-state index is 13.3. The van der Waals surface area contributed by atoms with Crippen molar-refractivity contribution in [1.82, 2.24) is 4.98 Å². The van der Waals surface area contributed by atoms with Crippen molar-refractivity contribution in [2.75, 3.05) is 41.2 Å². The van der Waals surface area contributed by atoms with E-state index in [9.17, 15) is 31.5 Å². The van der Waals surface area contributed by atoms with Crippen LogP contribution in [0.25, 0.3) is 0 Å². The third-order valence-electron chi connectivity index (χ3n) is 7.01. The number of carbonyl (C=O) groups is 1. The zero-order chi connectivity index (χ0) is 27.6. The molecule has 0 unspecified atom stereocenters. The highest BCUT2D eigenvalue weighted by Crippen LogP contribution is 2.54. The zero-order valence-corrected chi connectivity index (χ0v) is 21.7. The summed E-state index contributed by atoms with van der Waals surface area (Å²) in [5, 5.41) is 10.9. The smallest absolute Gasteiger partial charge is 0.392 e. The van der Waals surface area contributed by atoms with Gasteiger partial charge in [0, 0.05) is 19.2 Å². The van der Waals surface area contributed by atoms with Crippen LogP contribution in [0, 0.1) is 5.41 Å². The number of rotatable bonds is 10. The van der Waals surface area contributed by atoms with E-state index in [1.165, 1.54) is 50.1 Å². The second-order valence-corrected chi connectivity index (χ2v) is 12.0. The lowest BCUT2D eigenvalue weighted by Gasteiger charge is -2.35. The van der Waals surface area contributed by atoms with Crippen LogP contribution in [0.4, 0.5) is 30.4 Å². The maximum Gasteiger partial charge on any atom is 0.392 e. The molecule has 208 valence electrons. The number of nitrogens with zero attached hydrogens (tertiary/aromatic N) is 2. The lowest BCUT2D eigenvalue weighted by atomic mass is 9.93. The van der Waals surface area contributed by atoms with E-state index in [2.05, 4.69) is 19.9 Å². The van der Waals surface area contributed by atoms with Gasteiger partial charge in [0.25, 0.3) is 5.91 Å². The molecule has 2 fully saturated rings. The summed E-state index contributed by atoms with van der Waals surface area (Å²) in [5.41, 5.74) is 1.49. The first-order valence-electron chi connectivity index (χ1n) is 12.4. The van der Waals surface area contributed by atoms with Crippen LogP contribution in [0.1, 0.15) is 49.4 Å². The predicted octanol–water partition coefficient (Wildman–Crippen LogP) is 4.17. The minimum absolute atomic E-state index is 0.0548. The molecule has 1 atom stereocenters. The summed E-state index contributed by atoms with van der Waals surface area (Å²) in [6, 6.07) is 8.98. The van der Waals surface area contributed by atoms with Crippen molar-refractivity contribution in [3.8, 4) is 5.88 Å². The summed E-state index contributed by atoms with van der Waals surface area (Å²) in [4.78, 5) is 19.4. The molecule has 1 spiro atoms. The number of halogens is 3. The van der Waals surface area contributed by atoms with E-state index < -0.39 is 47.0 Å². The van der Waals surface area contributed by atoms with E-state index in [4.69, 9.17) is 4.74 Å². The molecule has 4 rings (SSSR count). The van der Waals surface area contributed by atoms with Crippen molar-refractivity contribution in [2.24, 2.45) is 5.41 Å². The van der Waals surface area contributed by atoms with Gasteiger partial charge in [0.15, 0.2) is 0 Å². The largest absolute Gasteiger partial charge is 0.477 e. The molecule has 1 amide bonds. The molecular formula is C25H31F3N4O5S. The fraction of sp³-hybridized carbons (Fsp3) is 0.520. The summed E-state index contributed by atoms with van der Waals surface area (Å²) in [6.45, 7) is 1.68. The number of pyridine rings is 1. The molecule has 3 N–H and O–H groups in total. The third-order valence-corrected chi connectivity index (χ3v) is 8.74. The number of hydrogen-bond acceptors (Lipinski definition) is 7. The number of amides is 1. The van der Waals surface area contributed by atoms with Crippen LogP contribution in [-0.2, 0) is 10.0 Å². The standard InChI is InChI=1S/C25H31F3N4O5S/c1-17(16-33)38(35,36)31-18-5-6-19(20(15-18)32-12-9-24(7-8-24)10-13-32)23(34)30-21-3-2-4-22(29-21)37-14-11-25(26,27)28/h2-6,15,17,31,33H,7-14,16H2,1H3,(H,29,30,34)/t17-/m1/s1. The average Bonchev–Trinajstić information content (AvgIpc) is 3.61. The Labute approximate surface area is 219 Å². The number of aromatic nitrogens is 1. The highest BCUT2D eigenvalue weighted by atomic mass is 32.2. The summed E-state index contributed by atoms with van der Waals surface area (Å²) in [5.74, 6) is -0.465. The van der Waals surface area contributed by atoms with Gasteiger partial charge in [0.2, 0.25) is 15.9 Å². The summed E-state index contributed by atoms with van der Waals surface area (Å²) in [7, 11) is -3.84. The van der Waals surface area contributed by atoms with Gasteiger partial charge >= 0.3 is 6.18 Å². The molecule has 1 saturated heterocycles. The van der Waals surface area contributed by atoms with Crippen LogP contribution >= 0.6 is 0 Å². The minimum atomic E-state index is -4.35. The first kappa shape index (κ1) is 28.0. The van der Waals surface area contributed by atoms with Gasteiger partial charge in [-0.05, 0) is 62.3 Å². The van der Waals surface area contributed by atoms with Gasteiger partial charge in [-0.25, -0.2) is 8.42 Å². The predicted molar refractivity (Wildman–Crippen MR) is 137 cm³/mol. The number of hydrogen-bond donors (Lipinski definition) is 3. The molecule has 38 heavy (non-hydrogen) atoms. The Kier molecular flexibility index (Phi) is 8.07. The SMILES string of the molecule is C[C@H](CO)S(=O)(=O)Nc1ccc(C(=O)Nc2cccc(OCCC(F)(F)F)n2)c(N2CCC3(CC2)CC3)c1. The summed E-state index contributed by atoms with van der Waals surface area (Å²) >= 11 is 0. The molecule has 13 heteroatoms. The molecule has 2 aliphatic rings. The topological polar surface area (TPSA) is 121 Å².